The van der Waals surface area contributed by atoms with E-state index in [4.69, 9.17) is 17.5 Å². The monoisotopic (exact) mass is 847 g/mol. The lowest BCUT2D eigenvalue weighted by atomic mass is 9.82. The van der Waals surface area contributed by atoms with Gasteiger partial charge in [0.25, 0.3) is 5.91 Å². The molecule has 3 saturated heterocycles. The molecular formula is C41H47F6N7O4S. The molecule has 2 aromatic rings. The van der Waals surface area contributed by atoms with Gasteiger partial charge in [-0.05, 0) is 107 Å². The van der Waals surface area contributed by atoms with Crippen LogP contribution in [0, 0.1) is 23.2 Å². The molecule has 18 heteroatoms. The molecule has 4 aliphatic rings. The van der Waals surface area contributed by atoms with Crippen LogP contribution < -0.4 is 10.2 Å². The highest BCUT2D eigenvalue weighted by molar-refractivity contribution is 7.80. The van der Waals surface area contributed by atoms with Gasteiger partial charge in [-0.3, -0.25) is 34.3 Å². The number of carbonyl (C=O) groups is 4. The number of rotatable bonds is 12. The molecular weight excluding hydrogens is 801 g/mol. The Morgan fingerprint density at radius 3 is 2.39 bits per heavy atom. The topological polar surface area (TPSA) is 130 Å². The lowest BCUT2D eigenvalue weighted by molar-refractivity contribution is -0.197. The number of benzene rings is 1. The number of nitriles is 1. The van der Waals surface area contributed by atoms with Crippen molar-refractivity contribution in [3.63, 3.8) is 0 Å². The predicted molar refractivity (Wildman–Crippen MR) is 208 cm³/mol. The molecule has 1 aromatic heterocycles. The fourth-order valence-electron chi connectivity index (χ4n) is 9.00. The van der Waals surface area contributed by atoms with Gasteiger partial charge in [-0.1, -0.05) is 24.3 Å². The van der Waals surface area contributed by atoms with Crippen molar-refractivity contribution in [3.8, 4) is 6.07 Å². The van der Waals surface area contributed by atoms with E-state index in [9.17, 15) is 45.5 Å². The summed E-state index contributed by atoms with van der Waals surface area (Å²) >= 11 is 5.68. The minimum Gasteiger partial charge on any atom is -0.331 e. The van der Waals surface area contributed by atoms with E-state index in [1.54, 1.807) is 41.8 Å². The molecule has 1 N–H and O–H groups in total. The zero-order chi connectivity index (χ0) is 42.9. The smallest absolute Gasteiger partial charge is 0.331 e. The van der Waals surface area contributed by atoms with Crippen LogP contribution in [0.5, 0.6) is 0 Å². The third-order valence-electron chi connectivity index (χ3n) is 12.1. The first-order valence-corrected chi connectivity index (χ1v) is 20.3. The van der Waals surface area contributed by atoms with Gasteiger partial charge in [-0.15, -0.1) is 0 Å². The van der Waals surface area contributed by atoms with Crippen LogP contribution in [0.15, 0.2) is 36.5 Å². The number of piperazine rings is 1. The van der Waals surface area contributed by atoms with E-state index >= 15 is 0 Å². The van der Waals surface area contributed by atoms with Crippen molar-refractivity contribution in [2.75, 3.05) is 37.6 Å². The zero-order valence-electron chi connectivity index (χ0n) is 32.9. The zero-order valence-corrected chi connectivity index (χ0v) is 33.7. The molecule has 1 aliphatic carbocycles. The molecule has 0 bridgehead atoms. The predicted octanol–water partition coefficient (Wildman–Crippen LogP) is 5.98. The molecule has 0 radical (unpaired) electrons. The normalized spacial score (nSPS) is 24.7. The number of hydrogen-bond donors (Lipinski definition) is 1. The summed E-state index contributed by atoms with van der Waals surface area (Å²) in [6.07, 6.45) is -2.92. The summed E-state index contributed by atoms with van der Waals surface area (Å²) in [5.74, 6) is -1.53. The second-order valence-electron chi connectivity index (χ2n) is 16.6. The first kappa shape index (κ1) is 44.1. The van der Waals surface area contributed by atoms with Crippen LogP contribution >= 0.6 is 12.2 Å². The van der Waals surface area contributed by atoms with Crippen LogP contribution in [0.25, 0.3) is 0 Å². The summed E-state index contributed by atoms with van der Waals surface area (Å²) in [5, 5.41) is 11.6. The van der Waals surface area contributed by atoms with Crippen molar-refractivity contribution < 1.29 is 45.5 Å². The summed E-state index contributed by atoms with van der Waals surface area (Å²) in [5.41, 5.74) is -1.90. The van der Waals surface area contributed by atoms with Crippen LogP contribution in [-0.2, 0) is 38.2 Å². The third-order valence-corrected chi connectivity index (χ3v) is 12.5. The number of pyridine rings is 1. The van der Waals surface area contributed by atoms with Crippen LogP contribution in [0.1, 0.15) is 87.6 Å². The molecule has 318 valence electrons. The number of halogens is 6. The number of nitrogens with zero attached hydrogens (tertiary/aromatic N) is 6. The number of amides is 3. The van der Waals surface area contributed by atoms with E-state index < -0.39 is 41.1 Å². The molecule has 1 saturated carbocycles. The van der Waals surface area contributed by atoms with E-state index in [0.29, 0.717) is 56.7 Å². The fourth-order valence-corrected chi connectivity index (χ4v) is 9.57. The average Bonchev–Trinajstić information content (AvgIpc) is 3.34. The van der Waals surface area contributed by atoms with Gasteiger partial charge in [0.15, 0.2) is 16.6 Å². The Kier molecular flexibility index (Phi) is 13.2. The summed E-state index contributed by atoms with van der Waals surface area (Å²) in [6.45, 7) is 3.72. The molecule has 4 fully saturated rings. The van der Waals surface area contributed by atoms with E-state index in [-0.39, 0.29) is 72.8 Å². The maximum absolute atomic E-state index is 14.3. The Hall–Kier alpha value is -4.47. The molecule has 0 spiro atoms. The van der Waals surface area contributed by atoms with Crippen molar-refractivity contribution >= 4 is 46.5 Å². The fraction of sp³-hybridized carbons (Fsp3) is 0.585. The summed E-state index contributed by atoms with van der Waals surface area (Å²) in [4.78, 5) is 59.9. The highest BCUT2D eigenvalue weighted by Gasteiger charge is 2.53. The van der Waals surface area contributed by atoms with Crippen LogP contribution in [0.2, 0.25) is 0 Å². The number of alkyl halides is 6. The summed E-state index contributed by atoms with van der Waals surface area (Å²) in [7, 11) is 0. The van der Waals surface area contributed by atoms with Gasteiger partial charge in [-0.2, -0.15) is 31.6 Å². The number of nitrogens with one attached hydrogen (secondary N) is 1. The van der Waals surface area contributed by atoms with E-state index in [0.717, 1.165) is 42.0 Å². The number of Topliss-reactive ketones (excluding diaryl/α,β-unsaturated/α-hetero) is 1. The maximum atomic E-state index is 14.3. The molecule has 4 heterocycles. The lowest BCUT2D eigenvalue weighted by Gasteiger charge is -2.42. The SMILES string of the molecule is CC1(C)C(=O)N(c2cnc(C#N)c(C(F)(F)F)c2)C(=S)N1C1CCC(CCCN2CCN(CC(=O)Cc3cccc(CC4CCC(=O)NC4=O)c3)[C@@H](C(F)(F)F)C2)CC1. The van der Waals surface area contributed by atoms with Gasteiger partial charge in [0, 0.05) is 44.4 Å². The first-order chi connectivity index (χ1) is 27.8. The lowest BCUT2D eigenvalue weighted by Crippen LogP contribution is -2.60. The van der Waals surface area contributed by atoms with Gasteiger partial charge >= 0.3 is 12.4 Å². The second kappa shape index (κ2) is 17.6. The van der Waals surface area contributed by atoms with Gasteiger partial charge in [0.05, 0.1) is 24.0 Å². The first-order valence-electron chi connectivity index (χ1n) is 19.9. The van der Waals surface area contributed by atoms with Crippen LogP contribution in [0.3, 0.4) is 0 Å². The third kappa shape index (κ3) is 10.1. The standard InChI is InChI=1S/C41H47F6N7O4S/c1-39(2)37(58)53(30-20-32(40(42,43)44)33(21-48)49-22-30)38(59)54(39)29-11-8-25(9-12-29)7-4-14-51-15-16-52(34(24-51)41(45,46)47)23-31(55)19-27-6-3-5-26(17-27)18-28-10-13-35(56)50-36(28)57/h3,5-6,17,20,22,25,28-29,34H,4,7-16,18-19,23-24H2,1-2H3,(H,50,56,57)/t25?,28?,29?,34-/m1/s1. The molecule has 1 unspecified atom stereocenters. The number of aromatic nitrogens is 1. The molecule has 2 atom stereocenters. The number of thiocarbonyl (C=S) groups is 1. The van der Waals surface area contributed by atoms with Crippen molar-refractivity contribution in [2.24, 2.45) is 11.8 Å². The van der Waals surface area contributed by atoms with Crippen LogP contribution in [-0.4, -0.2) is 105 Å². The Balaban J connectivity index is 0.971. The number of hydrogen-bond acceptors (Lipinski definition) is 9. The van der Waals surface area contributed by atoms with Crippen LogP contribution in [0.4, 0.5) is 32.0 Å². The molecule has 11 nitrogen and oxygen atoms in total. The summed E-state index contributed by atoms with van der Waals surface area (Å²) < 4.78 is 84.1. The number of anilines is 1. The Labute approximate surface area is 344 Å². The van der Waals surface area contributed by atoms with Crippen molar-refractivity contribution in [1.29, 1.82) is 5.26 Å². The molecule has 6 rings (SSSR count). The second-order valence-corrected chi connectivity index (χ2v) is 16.9. The van der Waals surface area contributed by atoms with Gasteiger partial charge < -0.3 is 9.80 Å². The molecule has 59 heavy (non-hydrogen) atoms. The highest BCUT2D eigenvalue weighted by Crippen LogP contribution is 2.41. The van der Waals surface area contributed by atoms with Crippen molar-refractivity contribution in [1.82, 2.24) is 25.0 Å². The number of imide groups is 1. The minimum atomic E-state index is -4.86. The molecule has 1 aromatic carbocycles. The van der Waals surface area contributed by atoms with Gasteiger partial charge in [-0.25, -0.2) is 4.98 Å². The highest BCUT2D eigenvalue weighted by atomic mass is 32.1. The quantitative estimate of drug-likeness (QED) is 0.155. The van der Waals surface area contributed by atoms with Gasteiger partial charge in [0.1, 0.15) is 17.6 Å². The number of carbonyl (C=O) groups excluding carboxylic acids is 4. The largest absolute Gasteiger partial charge is 0.419 e. The Morgan fingerprint density at radius 2 is 1.73 bits per heavy atom. The van der Waals surface area contributed by atoms with E-state index in [1.165, 1.54) is 11.0 Å². The van der Waals surface area contributed by atoms with E-state index in [2.05, 4.69) is 10.3 Å². The number of piperidine rings is 1. The van der Waals surface area contributed by atoms with Gasteiger partial charge in [0.2, 0.25) is 11.8 Å². The molecule has 3 amide bonds. The summed E-state index contributed by atoms with van der Waals surface area (Å²) in [6, 6.07) is 7.33. The van der Waals surface area contributed by atoms with E-state index in [1.807, 2.05) is 6.07 Å². The maximum Gasteiger partial charge on any atom is 0.419 e. The molecule has 3 aliphatic heterocycles. The Bertz CT molecular complexity index is 1990. The van der Waals surface area contributed by atoms with Crippen molar-refractivity contribution in [2.45, 2.75) is 108 Å². The minimum absolute atomic E-state index is 0.0384. The van der Waals surface area contributed by atoms with Crippen molar-refractivity contribution in [3.05, 3.63) is 58.9 Å². The average molecular weight is 848 g/mol. The Morgan fingerprint density at radius 1 is 1.02 bits per heavy atom. The number of ketones is 1.